The van der Waals surface area contributed by atoms with Gasteiger partial charge in [-0.1, -0.05) is 66.5 Å². The SMILES string of the molecule is O=C(CN1C(=O)C(=CC=Cc2ccccc2)SC1=S)NNc1ccc([N+](=O)[O-])cc1[N+](=O)[O-]. The molecule has 0 aliphatic carbocycles. The lowest BCUT2D eigenvalue weighted by molar-refractivity contribution is -0.393. The fourth-order valence-corrected chi connectivity index (χ4v) is 3.88. The normalized spacial score (nSPS) is 14.7. The topological polar surface area (TPSA) is 148 Å². The molecule has 0 aromatic heterocycles. The van der Waals surface area contributed by atoms with Crippen LogP contribution in [0.1, 0.15) is 5.56 Å². The van der Waals surface area contributed by atoms with Crippen LogP contribution in [0.3, 0.4) is 0 Å². The summed E-state index contributed by atoms with van der Waals surface area (Å²) in [5, 5.41) is 22.0. The van der Waals surface area contributed by atoms with E-state index in [9.17, 15) is 29.8 Å². The van der Waals surface area contributed by atoms with E-state index in [0.717, 1.165) is 40.4 Å². The van der Waals surface area contributed by atoms with Crippen molar-refractivity contribution in [1.29, 1.82) is 0 Å². The lowest BCUT2D eigenvalue weighted by Crippen LogP contribution is -2.41. The molecule has 1 heterocycles. The third-order valence-corrected chi connectivity index (χ3v) is 5.63. The number of rotatable bonds is 8. The van der Waals surface area contributed by atoms with Gasteiger partial charge in [0.15, 0.2) is 0 Å². The van der Waals surface area contributed by atoms with Crippen molar-refractivity contribution >= 4 is 63.3 Å². The summed E-state index contributed by atoms with van der Waals surface area (Å²) in [5.41, 5.74) is 4.32. The number of allylic oxidation sites excluding steroid dienone is 2. The average molecular weight is 486 g/mol. The number of carbonyl (C=O) groups excluding carboxylic acids is 2. The van der Waals surface area contributed by atoms with Crippen LogP contribution in [0.4, 0.5) is 17.1 Å². The molecule has 0 radical (unpaired) electrons. The van der Waals surface area contributed by atoms with E-state index in [-0.39, 0.29) is 10.0 Å². The van der Waals surface area contributed by atoms with Crippen LogP contribution in [0.5, 0.6) is 0 Å². The maximum Gasteiger partial charge on any atom is 0.300 e. The molecule has 1 aliphatic rings. The van der Waals surface area contributed by atoms with Gasteiger partial charge in [-0.25, -0.2) is 0 Å². The van der Waals surface area contributed by atoms with E-state index in [0.29, 0.717) is 4.91 Å². The van der Waals surface area contributed by atoms with E-state index in [1.807, 2.05) is 36.4 Å². The molecule has 2 N–H and O–H groups in total. The van der Waals surface area contributed by atoms with Crippen LogP contribution in [0.25, 0.3) is 6.08 Å². The Kier molecular flexibility index (Phi) is 7.48. The van der Waals surface area contributed by atoms with Crippen molar-refractivity contribution in [3.05, 3.63) is 91.4 Å². The van der Waals surface area contributed by atoms with Crippen molar-refractivity contribution in [3.63, 3.8) is 0 Å². The molecule has 0 atom stereocenters. The molecule has 11 nitrogen and oxygen atoms in total. The van der Waals surface area contributed by atoms with Gasteiger partial charge in [0.1, 0.15) is 16.6 Å². The number of benzene rings is 2. The summed E-state index contributed by atoms with van der Waals surface area (Å²) >= 11 is 6.23. The third-order valence-electron chi connectivity index (χ3n) is 4.24. The first-order chi connectivity index (χ1) is 15.8. The number of amides is 2. The van der Waals surface area contributed by atoms with Crippen molar-refractivity contribution < 1.29 is 19.4 Å². The molecule has 2 amide bonds. The van der Waals surface area contributed by atoms with Crippen LogP contribution in [0, 0.1) is 20.2 Å². The molecule has 1 saturated heterocycles. The number of nitro groups is 2. The highest BCUT2D eigenvalue weighted by atomic mass is 32.2. The molecular formula is C20H15N5O6S2. The summed E-state index contributed by atoms with van der Waals surface area (Å²) in [6.07, 6.45) is 5.12. The molecular weight excluding hydrogens is 470 g/mol. The first kappa shape index (κ1) is 23.6. The Morgan fingerprint density at radius 1 is 1.12 bits per heavy atom. The van der Waals surface area contributed by atoms with Gasteiger partial charge < -0.3 is 0 Å². The highest BCUT2D eigenvalue weighted by Crippen LogP contribution is 2.31. The van der Waals surface area contributed by atoms with E-state index < -0.39 is 39.6 Å². The number of thioether (sulfide) groups is 1. The van der Waals surface area contributed by atoms with Gasteiger partial charge >= 0.3 is 5.69 Å². The lowest BCUT2D eigenvalue weighted by atomic mass is 10.2. The second kappa shape index (κ2) is 10.5. The Hall–Kier alpha value is -4.10. The quantitative estimate of drug-likeness (QED) is 0.248. The largest absolute Gasteiger partial charge is 0.300 e. The summed E-state index contributed by atoms with van der Waals surface area (Å²) in [6, 6.07) is 12.4. The van der Waals surface area contributed by atoms with Gasteiger partial charge in [0.05, 0.1) is 20.8 Å². The van der Waals surface area contributed by atoms with Gasteiger partial charge in [-0.2, -0.15) is 0 Å². The molecule has 1 fully saturated rings. The second-order valence-electron chi connectivity index (χ2n) is 6.45. The number of hydrogen-bond acceptors (Lipinski definition) is 9. The minimum Gasteiger partial charge on any atom is -0.292 e. The van der Waals surface area contributed by atoms with Crippen LogP contribution in [0.2, 0.25) is 0 Å². The first-order valence-electron chi connectivity index (χ1n) is 9.21. The van der Waals surface area contributed by atoms with Crippen molar-refractivity contribution in [3.8, 4) is 0 Å². The van der Waals surface area contributed by atoms with E-state index in [1.165, 1.54) is 0 Å². The summed E-state index contributed by atoms with van der Waals surface area (Å²) in [6.45, 7) is -0.418. The van der Waals surface area contributed by atoms with Gasteiger partial charge in [0.2, 0.25) is 0 Å². The van der Waals surface area contributed by atoms with Crippen molar-refractivity contribution in [2.24, 2.45) is 0 Å². The van der Waals surface area contributed by atoms with Gasteiger partial charge in [-0.3, -0.25) is 45.6 Å². The molecule has 3 rings (SSSR count). The zero-order chi connectivity index (χ0) is 24.0. The number of nitro benzene ring substituents is 2. The highest BCUT2D eigenvalue weighted by molar-refractivity contribution is 8.26. The number of hydrogen-bond donors (Lipinski definition) is 2. The molecule has 33 heavy (non-hydrogen) atoms. The van der Waals surface area contributed by atoms with Crippen LogP contribution >= 0.6 is 24.0 Å². The van der Waals surface area contributed by atoms with Gasteiger partial charge in [-0.15, -0.1) is 0 Å². The maximum absolute atomic E-state index is 12.6. The summed E-state index contributed by atoms with van der Waals surface area (Å²) in [4.78, 5) is 46.7. The Labute approximate surface area is 196 Å². The predicted octanol–water partition coefficient (Wildman–Crippen LogP) is 3.40. The smallest absolute Gasteiger partial charge is 0.292 e. The third kappa shape index (κ3) is 5.99. The number of thiocarbonyl (C=S) groups is 1. The fourth-order valence-electron chi connectivity index (χ4n) is 2.67. The van der Waals surface area contributed by atoms with E-state index in [1.54, 1.807) is 12.2 Å². The minimum absolute atomic E-state index is 0.157. The van der Waals surface area contributed by atoms with Crippen molar-refractivity contribution in [1.82, 2.24) is 10.3 Å². The number of carbonyl (C=O) groups is 2. The summed E-state index contributed by atoms with van der Waals surface area (Å²) in [5.74, 6) is -1.14. The number of nitrogens with one attached hydrogen (secondary N) is 2. The Morgan fingerprint density at radius 3 is 2.52 bits per heavy atom. The molecule has 2 aromatic carbocycles. The van der Waals surface area contributed by atoms with E-state index >= 15 is 0 Å². The minimum atomic E-state index is -0.822. The molecule has 0 unspecified atom stereocenters. The molecule has 0 bridgehead atoms. The predicted molar refractivity (Wildman–Crippen MR) is 127 cm³/mol. The molecule has 168 valence electrons. The van der Waals surface area contributed by atoms with Gasteiger partial charge in [0.25, 0.3) is 17.5 Å². The van der Waals surface area contributed by atoms with Crippen LogP contribution in [-0.2, 0) is 9.59 Å². The van der Waals surface area contributed by atoms with E-state index in [4.69, 9.17) is 12.2 Å². The highest BCUT2D eigenvalue weighted by Gasteiger charge is 2.33. The molecule has 13 heteroatoms. The zero-order valence-corrected chi connectivity index (χ0v) is 18.3. The summed E-state index contributed by atoms with van der Waals surface area (Å²) in [7, 11) is 0. The number of nitrogens with zero attached hydrogens (tertiary/aromatic N) is 3. The van der Waals surface area contributed by atoms with Gasteiger partial charge in [0, 0.05) is 6.07 Å². The zero-order valence-electron chi connectivity index (χ0n) is 16.7. The average Bonchev–Trinajstić information content (AvgIpc) is 3.05. The molecule has 1 aliphatic heterocycles. The second-order valence-corrected chi connectivity index (χ2v) is 8.12. The van der Waals surface area contributed by atoms with Crippen LogP contribution in [-0.4, -0.2) is 37.4 Å². The van der Waals surface area contributed by atoms with E-state index in [2.05, 4.69) is 10.9 Å². The van der Waals surface area contributed by atoms with Crippen molar-refractivity contribution in [2.75, 3.05) is 12.0 Å². The van der Waals surface area contributed by atoms with Gasteiger partial charge in [-0.05, 0) is 17.7 Å². The monoisotopic (exact) mass is 485 g/mol. The number of anilines is 1. The fraction of sp³-hybridized carbons (Fsp3) is 0.0500. The number of hydrazine groups is 1. The lowest BCUT2D eigenvalue weighted by Gasteiger charge is -2.15. The number of non-ortho nitro benzene ring substituents is 1. The first-order valence-corrected chi connectivity index (χ1v) is 10.4. The van der Waals surface area contributed by atoms with Crippen LogP contribution < -0.4 is 10.9 Å². The Bertz CT molecular complexity index is 1200. The Morgan fingerprint density at radius 2 is 1.85 bits per heavy atom. The maximum atomic E-state index is 12.6. The standard InChI is InChI=1S/C20H15N5O6S2/c26-18(22-21-15-10-9-14(24(28)29)11-16(15)25(30)31)12-23-19(27)17(33-20(23)32)8-4-7-13-5-2-1-3-6-13/h1-11,21H,12H2,(H,22,26). The van der Waals surface area contributed by atoms with Crippen molar-refractivity contribution in [2.45, 2.75) is 0 Å². The van der Waals surface area contributed by atoms with Crippen LogP contribution in [0.15, 0.2) is 65.6 Å². The summed E-state index contributed by atoms with van der Waals surface area (Å²) < 4.78 is 0.191. The molecule has 0 saturated carbocycles. The Balaban J connectivity index is 1.61. The molecule has 0 spiro atoms. The molecule has 2 aromatic rings.